The third-order valence-electron chi connectivity index (χ3n) is 5.95. The summed E-state index contributed by atoms with van der Waals surface area (Å²) < 4.78 is 5.54. The molecule has 0 saturated carbocycles. The van der Waals surface area contributed by atoms with Gasteiger partial charge in [-0.05, 0) is 50.3 Å². The lowest BCUT2D eigenvalue weighted by Crippen LogP contribution is -2.36. The summed E-state index contributed by atoms with van der Waals surface area (Å²) in [6.07, 6.45) is 0.743. The third-order valence-corrected chi connectivity index (χ3v) is 6.79. The number of nitrogens with one attached hydrogen (secondary N) is 1. The first-order valence-corrected chi connectivity index (χ1v) is 11.5. The Morgan fingerprint density at radius 3 is 2.47 bits per heavy atom. The molecular weight excluding hydrogens is 445 g/mol. The maximum absolute atomic E-state index is 13.5. The van der Waals surface area contributed by atoms with Gasteiger partial charge >= 0.3 is 5.97 Å². The Labute approximate surface area is 198 Å². The van der Waals surface area contributed by atoms with E-state index < -0.39 is 11.9 Å². The van der Waals surface area contributed by atoms with Crippen LogP contribution >= 0.6 is 23.2 Å². The molecule has 166 valence electrons. The van der Waals surface area contributed by atoms with E-state index in [1.165, 1.54) is 0 Å². The molecule has 1 heterocycles. The first-order valence-electron chi connectivity index (χ1n) is 10.7. The third kappa shape index (κ3) is 4.22. The van der Waals surface area contributed by atoms with E-state index in [9.17, 15) is 9.59 Å². The molecule has 2 aromatic rings. The molecule has 32 heavy (non-hydrogen) atoms. The zero-order valence-corrected chi connectivity index (χ0v) is 19.8. The summed E-state index contributed by atoms with van der Waals surface area (Å²) in [4.78, 5) is 26.7. The lowest BCUT2D eigenvalue weighted by Gasteiger charge is -2.37. The van der Waals surface area contributed by atoms with Crippen molar-refractivity contribution in [1.29, 1.82) is 0 Å². The molecule has 2 aromatic carbocycles. The minimum Gasteiger partial charge on any atom is -0.460 e. The van der Waals surface area contributed by atoms with Crippen LogP contribution in [0.1, 0.15) is 56.6 Å². The summed E-state index contributed by atoms with van der Waals surface area (Å²) in [7, 11) is 0. The van der Waals surface area contributed by atoms with Gasteiger partial charge in [0.2, 0.25) is 0 Å². The molecule has 0 amide bonds. The monoisotopic (exact) mass is 469 g/mol. The molecule has 2 aliphatic rings. The van der Waals surface area contributed by atoms with Gasteiger partial charge in [-0.2, -0.15) is 0 Å². The second-order valence-corrected chi connectivity index (χ2v) is 9.31. The van der Waals surface area contributed by atoms with E-state index >= 15 is 0 Å². The smallest absolute Gasteiger partial charge is 0.337 e. The van der Waals surface area contributed by atoms with Gasteiger partial charge in [0.05, 0.1) is 21.7 Å². The SMILES string of the molecule is CC1=C(C(=O)OC(C)C)[C@H](c2cccc(Cl)c2Cl)C2=C(C[C@H](c3ccccc3)CC2=O)N1. The van der Waals surface area contributed by atoms with Gasteiger partial charge in [-0.3, -0.25) is 4.79 Å². The Bertz CT molecular complexity index is 1140. The molecule has 0 aromatic heterocycles. The van der Waals surface area contributed by atoms with Crippen LogP contribution in [0.2, 0.25) is 10.0 Å². The number of rotatable bonds is 4. The Morgan fingerprint density at radius 1 is 1.06 bits per heavy atom. The number of esters is 1. The summed E-state index contributed by atoms with van der Waals surface area (Å²) in [5, 5.41) is 4.07. The number of hydrogen-bond donors (Lipinski definition) is 1. The maximum atomic E-state index is 13.5. The Morgan fingerprint density at radius 2 is 1.78 bits per heavy atom. The molecule has 0 spiro atoms. The molecule has 1 aliphatic heterocycles. The molecule has 0 unspecified atom stereocenters. The van der Waals surface area contributed by atoms with Gasteiger partial charge in [0.15, 0.2) is 5.78 Å². The fourth-order valence-corrected chi connectivity index (χ4v) is 5.02. The van der Waals surface area contributed by atoms with Crippen molar-refractivity contribution in [1.82, 2.24) is 5.32 Å². The van der Waals surface area contributed by atoms with E-state index in [-0.39, 0.29) is 17.8 Å². The van der Waals surface area contributed by atoms with Crippen molar-refractivity contribution in [3.8, 4) is 0 Å². The number of carbonyl (C=O) groups is 2. The van der Waals surface area contributed by atoms with Crippen LogP contribution in [0.25, 0.3) is 0 Å². The minimum atomic E-state index is -0.632. The van der Waals surface area contributed by atoms with E-state index in [4.69, 9.17) is 27.9 Å². The Balaban J connectivity index is 1.84. The molecule has 1 aliphatic carbocycles. The van der Waals surface area contributed by atoms with Gasteiger partial charge < -0.3 is 10.1 Å². The standard InChI is InChI=1S/C26H25Cl2NO3/c1-14(2)32-26(31)22-15(3)29-20-12-17(16-8-5-4-6-9-16)13-21(30)24(20)23(22)18-10-7-11-19(27)25(18)28/h4-11,14,17,23,29H,12-13H2,1-3H3/t17-,23-/m0/s1. The van der Waals surface area contributed by atoms with Gasteiger partial charge in [-0.15, -0.1) is 0 Å². The number of halogens is 2. The second-order valence-electron chi connectivity index (χ2n) is 8.53. The largest absolute Gasteiger partial charge is 0.460 e. The summed E-state index contributed by atoms with van der Waals surface area (Å²) in [6.45, 7) is 5.43. The van der Waals surface area contributed by atoms with Crippen LogP contribution in [0.4, 0.5) is 0 Å². The number of benzene rings is 2. The van der Waals surface area contributed by atoms with Crippen LogP contribution in [0.5, 0.6) is 0 Å². The maximum Gasteiger partial charge on any atom is 0.337 e. The van der Waals surface area contributed by atoms with Crippen LogP contribution in [0.3, 0.4) is 0 Å². The van der Waals surface area contributed by atoms with Gasteiger partial charge in [-0.25, -0.2) is 4.79 Å². The van der Waals surface area contributed by atoms with E-state index in [1.54, 1.807) is 26.0 Å². The molecule has 2 atom stereocenters. The highest BCUT2D eigenvalue weighted by Gasteiger charge is 2.42. The number of allylic oxidation sites excluding steroid dienone is 3. The van der Waals surface area contributed by atoms with Gasteiger partial charge in [0.1, 0.15) is 0 Å². The highest BCUT2D eigenvalue weighted by molar-refractivity contribution is 6.42. The van der Waals surface area contributed by atoms with Crippen LogP contribution in [0.15, 0.2) is 71.1 Å². The first kappa shape index (κ1) is 22.6. The minimum absolute atomic E-state index is 0.00371. The van der Waals surface area contributed by atoms with Gasteiger partial charge in [0, 0.05) is 29.3 Å². The van der Waals surface area contributed by atoms with Gasteiger partial charge in [-0.1, -0.05) is 65.7 Å². The average Bonchev–Trinajstić information content (AvgIpc) is 2.74. The van der Waals surface area contributed by atoms with Crippen molar-refractivity contribution in [2.24, 2.45) is 0 Å². The zero-order chi connectivity index (χ0) is 23.0. The summed E-state index contributed by atoms with van der Waals surface area (Å²) in [5.41, 5.74) is 4.22. The summed E-state index contributed by atoms with van der Waals surface area (Å²) >= 11 is 12.9. The second kappa shape index (κ2) is 9.13. The Kier molecular flexibility index (Phi) is 6.45. The predicted molar refractivity (Wildman–Crippen MR) is 127 cm³/mol. The van der Waals surface area contributed by atoms with Gasteiger partial charge in [0.25, 0.3) is 0 Å². The number of dihydropyridines is 1. The van der Waals surface area contributed by atoms with Crippen molar-refractivity contribution < 1.29 is 14.3 Å². The van der Waals surface area contributed by atoms with E-state index in [2.05, 4.69) is 5.32 Å². The summed E-state index contributed by atoms with van der Waals surface area (Å²) in [5.74, 6) is -1.03. The van der Waals surface area contributed by atoms with Crippen molar-refractivity contribution in [3.05, 3.63) is 92.2 Å². The average molecular weight is 470 g/mol. The number of Topliss-reactive ketones (excluding diaryl/α,β-unsaturated/α-hetero) is 1. The zero-order valence-electron chi connectivity index (χ0n) is 18.2. The van der Waals surface area contributed by atoms with E-state index in [1.807, 2.05) is 43.3 Å². The summed E-state index contributed by atoms with van der Waals surface area (Å²) in [6, 6.07) is 15.3. The fraction of sp³-hybridized carbons (Fsp3) is 0.308. The fourth-order valence-electron chi connectivity index (χ4n) is 4.60. The molecular formula is C26H25Cl2NO3. The molecule has 0 fully saturated rings. The molecule has 0 saturated heterocycles. The number of carbonyl (C=O) groups excluding carboxylic acids is 2. The lowest BCUT2D eigenvalue weighted by atomic mass is 9.71. The van der Waals surface area contributed by atoms with Crippen molar-refractivity contribution in [2.45, 2.75) is 51.6 Å². The number of ether oxygens (including phenoxy) is 1. The number of ketones is 1. The van der Waals surface area contributed by atoms with Crippen LogP contribution in [-0.4, -0.2) is 17.9 Å². The van der Waals surface area contributed by atoms with E-state index in [0.29, 0.717) is 45.3 Å². The predicted octanol–water partition coefficient (Wildman–Crippen LogP) is 6.31. The van der Waals surface area contributed by atoms with Crippen molar-refractivity contribution in [2.75, 3.05) is 0 Å². The molecule has 1 N–H and O–H groups in total. The molecule has 0 radical (unpaired) electrons. The molecule has 6 heteroatoms. The van der Waals surface area contributed by atoms with Crippen LogP contribution in [0, 0.1) is 0 Å². The van der Waals surface area contributed by atoms with Crippen molar-refractivity contribution >= 4 is 35.0 Å². The van der Waals surface area contributed by atoms with E-state index in [0.717, 1.165) is 11.3 Å². The normalized spacial score (nSPS) is 20.9. The Hall–Kier alpha value is -2.56. The topological polar surface area (TPSA) is 55.4 Å². The van der Waals surface area contributed by atoms with Crippen LogP contribution in [-0.2, 0) is 14.3 Å². The number of hydrogen-bond acceptors (Lipinski definition) is 4. The molecule has 4 nitrogen and oxygen atoms in total. The highest BCUT2D eigenvalue weighted by Crippen LogP contribution is 2.48. The van der Waals surface area contributed by atoms with Crippen LogP contribution < -0.4 is 5.32 Å². The molecule has 4 rings (SSSR count). The highest BCUT2D eigenvalue weighted by atomic mass is 35.5. The molecule has 0 bridgehead atoms. The quantitative estimate of drug-likeness (QED) is 0.533. The van der Waals surface area contributed by atoms with Crippen molar-refractivity contribution in [3.63, 3.8) is 0 Å². The first-order chi connectivity index (χ1) is 15.3. The lowest BCUT2D eigenvalue weighted by molar-refractivity contribution is -0.143.